The van der Waals surface area contributed by atoms with Crippen LogP contribution in [0.1, 0.15) is 31.9 Å². The summed E-state index contributed by atoms with van der Waals surface area (Å²) in [7, 11) is 0. The number of benzene rings is 1. The minimum absolute atomic E-state index is 0.273. The van der Waals surface area contributed by atoms with Crippen LogP contribution in [-0.2, 0) is 27.2 Å². The van der Waals surface area contributed by atoms with Crippen molar-refractivity contribution < 1.29 is 14.3 Å². The van der Waals surface area contributed by atoms with Crippen molar-refractivity contribution in [3.63, 3.8) is 0 Å². The summed E-state index contributed by atoms with van der Waals surface area (Å²) >= 11 is 0. The van der Waals surface area contributed by atoms with Crippen molar-refractivity contribution in [1.29, 1.82) is 0 Å². The highest BCUT2D eigenvalue weighted by atomic mass is 16.5. The van der Waals surface area contributed by atoms with Crippen LogP contribution >= 0.6 is 0 Å². The van der Waals surface area contributed by atoms with Crippen LogP contribution in [0.2, 0.25) is 0 Å². The molecule has 0 radical (unpaired) electrons. The Morgan fingerprint density at radius 1 is 1.20 bits per heavy atom. The van der Waals surface area contributed by atoms with Gasteiger partial charge in [0.1, 0.15) is 0 Å². The van der Waals surface area contributed by atoms with Crippen molar-refractivity contribution >= 4 is 17.6 Å². The Morgan fingerprint density at radius 3 is 2.30 bits per heavy atom. The van der Waals surface area contributed by atoms with Gasteiger partial charge in [-0.1, -0.05) is 38.1 Å². The summed E-state index contributed by atoms with van der Waals surface area (Å²) < 4.78 is 4.83. The molecule has 0 saturated heterocycles. The largest absolute Gasteiger partial charge is 0.452 e. The van der Waals surface area contributed by atoms with Crippen molar-refractivity contribution in [2.45, 2.75) is 33.6 Å². The van der Waals surface area contributed by atoms with E-state index in [-0.39, 0.29) is 12.5 Å². The van der Waals surface area contributed by atoms with Crippen LogP contribution in [0.3, 0.4) is 0 Å². The van der Waals surface area contributed by atoms with Crippen molar-refractivity contribution in [2.24, 2.45) is 0 Å². The zero-order valence-corrected chi connectivity index (χ0v) is 12.2. The predicted octanol–water partition coefficient (Wildman–Crippen LogP) is 2.87. The number of anilines is 1. The average molecular weight is 275 g/mol. The Labute approximate surface area is 119 Å². The van der Waals surface area contributed by atoms with E-state index >= 15 is 0 Å². The number of aryl methyl sites for hydroxylation is 2. The van der Waals surface area contributed by atoms with Crippen LogP contribution in [0.5, 0.6) is 0 Å². The number of hydrogen-bond donors (Lipinski definition) is 1. The van der Waals surface area contributed by atoms with E-state index in [0.717, 1.165) is 29.7 Å². The number of esters is 1. The standard InChI is InChI=1S/C16H21NO3/c1-4-8-15(19)20-11-14(18)17-16-12(5-2)9-7-10-13(16)6-3/h4,7-10H,5-6,11H2,1-3H3,(H,17,18)/b8-4+. The van der Waals surface area contributed by atoms with Crippen LogP contribution in [0, 0.1) is 0 Å². The van der Waals surface area contributed by atoms with Crippen molar-refractivity contribution in [3.8, 4) is 0 Å². The van der Waals surface area contributed by atoms with Crippen LogP contribution in [0.15, 0.2) is 30.4 Å². The molecule has 1 rings (SSSR count). The molecule has 0 aliphatic heterocycles. The van der Waals surface area contributed by atoms with Gasteiger partial charge in [-0.3, -0.25) is 4.79 Å². The first-order valence-electron chi connectivity index (χ1n) is 6.82. The molecule has 0 atom stereocenters. The molecular weight excluding hydrogens is 254 g/mol. The highest BCUT2D eigenvalue weighted by Crippen LogP contribution is 2.22. The first-order valence-corrected chi connectivity index (χ1v) is 6.82. The van der Waals surface area contributed by atoms with E-state index in [1.807, 2.05) is 32.0 Å². The summed E-state index contributed by atoms with van der Waals surface area (Å²) in [6.07, 6.45) is 4.52. The maximum absolute atomic E-state index is 11.8. The molecule has 1 N–H and O–H groups in total. The molecule has 4 nitrogen and oxygen atoms in total. The number of rotatable bonds is 6. The minimum Gasteiger partial charge on any atom is -0.452 e. The Morgan fingerprint density at radius 2 is 1.80 bits per heavy atom. The number of carbonyl (C=O) groups is 2. The number of allylic oxidation sites excluding steroid dienone is 1. The Kier molecular flexibility index (Phi) is 6.50. The maximum Gasteiger partial charge on any atom is 0.330 e. The van der Waals surface area contributed by atoms with Gasteiger partial charge in [-0.15, -0.1) is 0 Å². The number of para-hydroxylation sites is 1. The topological polar surface area (TPSA) is 55.4 Å². The molecule has 0 aliphatic carbocycles. The van der Waals surface area contributed by atoms with Gasteiger partial charge in [-0.2, -0.15) is 0 Å². The lowest BCUT2D eigenvalue weighted by molar-refractivity contribution is -0.142. The molecular formula is C16H21NO3. The summed E-state index contributed by atoms with van der Waals surface area (Å²) in [5.74, 6) is -0.833. The fourth-order valence-electron chi connectivity index (χ4n) is 1.90. The van der Waals surface area contributed by atoms with E-state index in [4.69, 9.17) is 4.74 Å². The van der Waals surface area contributed by atoms with Gasteiger partial charge in [0.05, 0.1) is 0 Å². The van der Waals surface area contributed by atoms with E-state index in [1.165, 1.54) is 6.08 Å². The minimum atomic E-state index is -0.512. The predicted molar refractivity (Wildman–Crippen MR) is 79.6 cm³/mol. The monoisotopic (exact) mass is 275 g/mol. The molecule has 1 aromatic carbocycles. The highest BCUT2D eigenvalue weighted by molar-refractivity contribution is 5.95. The first kappa shape index (κ1) is 16.0. The number of nitrogens with one attached hydrogen (secondary N) is 1. The molecule has 0 unspecified atom stereocenters. The summed E-state index contributed by atoms with van der Waals surface area (Å²) in [5.41, 5.74) is 3.00. The lowest BCUT2D eigenvalue weighted by Gasteiger charge is -2.14. The average Bonchev–Trinajstić information content (AvgIpc) is 2.45. The highest BCUT2D eigenvalue weighted by Gasteiger charge is 2.11. The zero-order chi connectivity index (χ0) is 15.0. The van der Waals surface area contributed by atoms with E-state index in [1.54, 1.807) is 13.0 Å². The molecule has 0 saturated carbocycles. The summed E-state index contributed by atoms with van der Waals surface area (Å²) in [4.78, 5) is 23.0. The van der Waals surface area contributed by atoms with E-state index in [2.05, 4.69) is 5.32 Å². The molecule has 108 valence electrons. The quantitative estimate of drug-likeness (QED) is 0.641. The van der Waals surface area contributed by atoms with E-state index in [9.17, 15) is 9.59 Å². The van der Waals surface area contributed by atoms with Gasteiger partial charge in [-0.05, 0) is 30.9 Å². The molecule has 1 amide bonds. The van der Waals surface area contributed by atoms with Crippen LogP contribution in [0.4, 0.5) is 5.69 Å². The third-order valence-corrected chi connectivity index (χ3v) is 2.91. The lowest BCUT2D eigenvalue weighted by Crippen LogP contribution is -2.21. The third kappa shape index (κ3) is 4.53. The zero-order valence-electron chi connectivity index (χ0n) is 12.2. The second-order valence-corrected chi connectivity index (χ2v) is 4.31. The normalized spacial score (nSPS) is 10.6. The number of ether oxygens (including phenoxy) is 1. The molecule has 20 heavy (non-hydrogen) atoms. The summed E-state index contributed by atoms with van der Waals surface area (Å²) in [6, 6.07) is 5.96. The number of amides is 1. The first-order chi connectivity index (χ1) is 9.62. The molecule has 0 heterocycles. The smallest absolute Gasteiger partial charge is 0.330 e. The fraction of sp³-hybridized carbons (Fsp3) is 0.375. The van der Waals surface area contributed by atoms with E-state index in [0.29, 0.717) is 0 Å². The van der Waals surface area contributed by atoms with Gasteiger partial charge in [0, 0.05) is 11.8 Å². The van der Waals surface area contributed by atoms with Crippen molar-refractivity contribution in [2.75, 3.05) is 11.9 Å². The maximum atomic E-state index is 11.8. The van der Waals surface area contributed by atoms with Gasteiger partial charge in [0.25, 0.3) is 5.91 Å². The number of hydrogen-bond acceptors (Lipinski definition) is 3. The molecule has 0 spiro atoms. The van der Waals surface area contributed by atoms with E-state index < -0.39 is 5.97 Å². The second-order valence-electron chi connectivity index (χ2n) is 4.31. The molecule has 0 fully saturated rings. The lowest BCUT2D eigenvalue weighted by atomic mass is 10.0. The van der Waals surface area contributed by atoms with Crippen LogP contribution in [-0.4, -0.2) is 18.5 Å². The van der Waals surface area contributed by atoms with Gasteiger partial charge in [0.2, 0.25) is 0 Å². The second kappa shape index (κ2) is 8.15. The molecule has 0 aromatic heterocycles. The van der Waals surface area contributed by atoms with Gasteiger partial charge in [-0.25, -0.2) is 4.79 Å². The number of carbonyl (C=O) groups excluding carboxylic acids is 2. The van der Waals surface area contributed by atoms with Crippen LogP contribution in [0.25, 0.3) is 0 Å². The van der Waals surface area contributed by atoms with Crippen LogP contribution < -0.4 is 5.32 Å². The summed E-state index contributed by atoms with van der Waals surface area (Å²) in [5, 5.41) is 2.84. The Hall–Kier alpha value is -2.10. The van der Waals surface area contributed by atoms with Crippen molar-refractivity contribution in [1.82, 2.24) is 0 Å². The Balaban J connectivity index is 2.72. The summed E-state index contributed by atoms with van der Waals surface area (Å²) in [6.45, 7) is 5.52. The fourth-order valence-corrected chi connectivity index (χ4v) is 1.90. The molecule has 1 aromatic rings. The van der Waals surface area contributed by atoms with Crippen molar-refractivity contribution in [3.05, 3.63) is 41.5 Å². The van der Waals surface area contributed by atoms with Gasteiger partial charge >= 0.3 is 5.97 Å². The van der Waals surface area contributed by atoms with Gasteiger partial charge < -0.3 is 10.1 Å². The van der Waals surface area contributed by atoms with Gasteiger partial charge in [0.15, 0.2) is 6.61 Å². The third-order valence-electron chi connectivity index (χ3n) is 2.91. The molecule has 0 bridgehead atoms. The Bertz CT molecular complexity index is 484. The molecule has 4 heteroatoms. The molecule has 0 aliphatic rings. The SMILES string of the molecule is C/C=C/C(=O)OCC(=O)Nc1c(CC)cccc1CC.